The third-order valence-electron chi connectivity index (χ3n) is 15.9. The lowest BCUT2D eigenvalue weighted by Crippen LogP contribution is -3.00. The maximum atomic E-state index is 8.42. The van der Waals surface area contributed by atoms with Gasteiger partial charge in [0.1, 0.15) is 38.6 Å². The first-order valence-corrected chi connectivity index (χ1v) is 37.7. The normalized spacial score (nSPS) is 9.91. The minimum absolute atomic E-state index is 0. The molecule has 7 N–H and O–H groups in total. The summed E-state index contributed by atoms with van der Waals surface area (Å²) in [5.74, 6) is 4.82. The van der Waals surface area contributed by atoms with Crippen LogP contribution in [0.4, 0.5) is 0 Å². The van der Waals surface area contributed by atoms with E-state index in [9.17, 15) is 0 Å². The first-order chi connectivity index (χ1) is 58.4. The molecule has 45 nitrogen and oxygen atoms in total. The molecule has 686 valence electrons. The van der Waals surface area contributed by atoms with Gasteiger partial charge < -0.3 is 67.0 Å². The number of benzene rings is 7. The van der Waals surface area contributed by atoms with Crippen molar-refractivity contribution in [2.75, 3.05) is 197 Å². The van der Waals surface area contributed by atoms with Gasteiger partial charge in [-0.25, -0.2) is 66.3 Å². The number of nitrogens with zero attached hydrogens (tertiary/aromatic N) is 28. The highest BCUT2D eigenvalue weighted by atomic mass is 19.0. The molecular formula is C77H112BF4N35O10. The van der Waals surface area contributed by atoms with Crippen LogP contribution in [0.2, 0.25) is 0 Å². The lowest BCUT2D eigenvalue weighted by Gasteiger charge is -2.35. The molecular weight excluding hydrogens is 1660 g/mol. The Bertz CT molecular complexity index is 4980. The quantitative estimate of drug-likeness (QED) is 0.0256. The summed E-state index contributed by atoms with van der Waals surface area (Å²) in [5.41, 5.74) is 10.6. The van der Waals surface area contributed by atoms with Crippen LogP contribution in [0.5, 0.6) is 40.2 Å². The van der Waals surface area contributed by atoms with Gasteiger partial charge in [0.25, 0.3) is 0 Å². The average Bonchev–Trinajstić information content (AvgIpc) is 1.79. The average molecular weight is 1770 g/mol. The van der Waals surface area contributed by atoms with Gasteiger partial charge in [-0.3, -0.25) is 7.32 Å². The Labute approximate surface area is 730 Å². The van der Waals surface area contributed by atoms with Crippen LogP contribution < -0.4 is 67.0 Å². The molecule has 127 heavy (non-hydrogen) atoms. The lowest BCUT2D eigenvalue weighted by atomic mass is 10.3. The second kappa shape index (κ2) is 50.5. The number of aromatic nitrogens is 21. The molecule has 0 aliphatic carbocycles. The molecule has 0 radical (unpaired) electrons. The van der Waals surface area contributed by atoms with Crippen molar-refractivity contribution in [1.29, 1.82) is 0 Å². The van der Waals surface area contributed by atoms with Crippen molar-refractivity contribution in [2.24, 2.45) is 0 Å². The molecule has 0 spiro atoms. The van der Waals surface area contributed by atoms with Gasteiger partial charge in [0.15, 0.2) is 78.9 Å². The Balaban J connectivity index is 0.000000377. The van der Waals surface area contributed by atoms with E-state index < -0.39 is 7.32 Å². The van der Waals surface area contributed by atoms with Gasteiger partial charge >= 0.3 is 42.2 Å². The molecule has 14 rings (SSSR count). The third kappa shape index (κ3) is 30.1. The van der Waals surface area contributed by atoms with Crippen molar-refractivity contribution in [2.45, 2.75) is 0 Å². The summed E-state index contributed by atoms with van der Waals surface area (Å²) in [5, 5.41) is 100. The van der Waals surface area contributed by atoms with Gasteiger partial charge in [-0.15, -0.1) is 0 Å². The summed E-state index contributed by atoms with van der Waals surface area (Å²) in [6.07, 6.45) is 0. The third-order valence-corrected chi connectivity index (χ3v) is 15.9. The molecule has 0 atom stereocenters. The van der Waals surface area contributed by atoms with Crippen LogP contribution in [0.25, 0.3) is 77.2 Å². The first kappa shape index (κ1) is 106. The number of halogens is 4. The summed E-state index contributed by atoms with van der Waals surface area (Å²) in [6.45, 7) is 0. The van der Waals surface area contributed by atoms with Crippen molar-refractivity contribution in [3.05, 3.63) is 127 Å². The Morgan fingerprint density at radius 2 is 0.315 bits per heavy atom. The summed E-state index contributed by atoms with van der Waals surface area (Å²) in [4.78, 5) is 13.3. The van der Waals surface area contributed by atoms with Crippen LogP contribution in [0.15, 0.2) is 127 Å². The van der Waals surface area contributed by atoms with Crippen molar-refractivity contribution in [3.8, 4) is 40.2 Å². The van der Waals surface area contributed by atoms with Gasteiger partial charge in [-0.2, -0.15) is 108 Å². The molecule has 0 aliphatic rings. The van der Waals surface area contributed by atoms with E-state index in [1.807, 2.05) is 391 Å². The van der Waals surface area contributed by atoms with E-state index >= 15 is 0 Å². The topological polar surface area (TPSA) is 469 Å². The molecule has 14 aromatic rings. The highest BCUT2D eigenvalue weighted by molar-refractivity contribution is 6.24. The highest BCUT2D eigenvalue weighted by Gasteiger charge is 2.25. The number of hydrogen-bond donors (Lipinski definition) is 7. The summed E-state index contributed by atoms with van der Waals surface area (Å²) in [7, 11) is 51.1. The minimum atomic E-state index is -2.92. The number of aromatic amines is 7. The smallest absolute Gasteiger partial charge is 0.450 e. The Morgan fingerprint density at radius 3 is 0.402 bits per heavy atom. The van der Waals surface area contributed by atoms with Crippen LogP contribution in [-0.2, 0) is 0 Å². The number of nitrogens with one attached hydrogen (secondary N) is 7. The standard InChI is InChI=1S/7C11H16N5O.BO3.4FH/c7*1-15(2)11(16(3)4)17-9-7-5-6-8-10(9)13-14-12-8;2-1(3)4;;;;/h7*5-7H,1-4H3,(H,12,13,14);;4*1H/q7*+1;-3;;;;/p-4. The molecule has 7 aromatic heterocycles. The molecule has 0 bridgehead atoms. The maximum absolute atomic E-state index is 8.42. The van der Waals surface area contributed by atoms with Gasteiger partial charge in [0.2, 0.25) is 0 Å². The van der Waals surface area contributed by atoms with E-state index in [2.05, 4.69) is 108 Å². The molecule has 7 heterocycles. The van der Waals surface area contributed by atoms with E-state index in [1.54, 1.807) is 0 Å². The van der Waals surface area contributed by atoms with Gasteiger partial charge in [-0.05, 0) is 84.9 Å². The van der Waals surface area contributed by atoms with Crippen LogP contribution in [0.1, 0.15) is 0 Å². The fraction of sp³-hybridized carbons (Fsp3) is 0.364. The van der Waals surface area contributed by atoms with Crippen molar-refractivity contribution in [3.63, 3.8) is 0 Å². The number of para-hydroxylation sites is 7. The van der Waals surface area contributed by atoms with E-state index in [-0.39, 0.29) is 18.8 Å². The van der Waals surface area contributed by atoms with Crippen molar-refractivity contribution in [1.82, 2.24) is 142 Å². The van der Waals surface area contributed by atoms with Crippen LogP contribution >= 0.6 is 0 Å². The molecule has 0 fully saturated rings. The molecule has 0 aliphatic heterocycles. The Morgan fingerprint density at radius 1 is 0.213 bits per heavy atom. The number of hydrogen-bond acceptors (Lipinski definition) is 24. The number of amidine groups is 7. The zero-order valence-corrected chi connectivity index (χ0v) is 76.3. The molecule has 7 aromatic carbocycles. The maximum Gasteiger partial charge on any atom is 0.450 e. The predicted octanol–water partition coefficient (Wildman–Crippen LogP) is -12.2. The molecule has 0 unspecified atom stereocenters. The van der Waals surface area contributed by atoms with Gasteiger partial charge in [-0.1, -0.05) is 42.5 Å². The largest absolute Gasteiger partial charge is 1.00 e. The second-order valence-electron chi connectivity index (χ2n) is 29.1. The van der Waals surface area contributed by atoms with Gasteiger partial charge in [0, 0.05) is 0 Å². The van der Waals surface area contributed by atoms with Gasteiger partial charge in [0.05, 0.1) is 197 Å². The molecule has 0 saturated heterocycles. The number of H-pyrrole nitrogens is 7. The SMILES string of the molecule is CN(C)C(Oc1cccc2n[nH]nc12)=[N+](C)C.CN(C)C(Oc1cccc2n[nH]nc12)=[N+](C)C.CN(C)C(Oc1cccc2n[nH]nc12)=[N+](C)C.CN(C)C(Oc1cccc2n[nH]nc12)=[N+](C)C.CN(C)C(Oc1cccc2n[nH]nc12)=[N+](C)C.CN(C)C(Oc1cccc2n[nH]nc12)=[N+](C)C.CN(C)C(Oc1cccc2n[nH]nc12)=[N+](C)C.[F-].[F-].[F-].[F-].[O-]B([O-])[O-]. The Kier molecular flexibility index (Phi) is 42.2. The van der Waals surface area contributed by atoms with E-state index in [4.69, 9.17) is 48.2 Å². The Hall–Kier alpha value is -15.1. The van der Waals surface area contributed by atoms with Crippen LogP contribution in [-0.4, -0.2) is 421 Å². The van der Waals surface area contributed by atoms with Crippen LogP contribution in [0.3, 0.4) is 0 Å². The van der Waals surface area contributed by atoms with E-state index in [0.29, 0.717) is 40.2 Å². The summed E-state index contributed by atoms with van der Waals surface area (Å²) in [6, 6.07) is 44.7. The number of fused-ring (bicyclic) bond motifs is 7. The van der Waals surface area contributed by atoms with Crippen LogP contribution in [0, 0.1) is 0 Å². The van der Waals surface area contributed by atoms with Crippen molar-refractivity contribution < 1.29 is 99.1 Å². The molecule has 0 amide bonds. The number of rotatable bonds is 7. The molecule has 50 heteroatoms. The zero-order valence-electron chi connectivity index (χ0n) is 76.3. The minimum Gasteiger partial charge on any atom is -1.00 e. The van der Waals surface area contributed by atoms with E-state index in [1.165, 1.54) is 0 Å². The summed E-state index contributed by atoms with van der Waals surface area (Å²) < 4.78 is 54.3. The second-order valence-corrected chi connectivity index (χ2v) is 29.1. The monoisotopic (exact) mass is 1770 g/mol. The fourth-order valence-electron chi connectivity index (χ4n) is 11.2. The lowest BCUT2D eigenvalue weighted by molar-refractivity contribution is -0.480. The van der Waals surface area contributed by atoms with E-state index in [0.717, 1.165) is 119 Å². The molecule has 0 saturated carbocycles. The predicted molar refractivity (Wildman–Crippen MR) is 463 cm³/mol. The summed E-state index contributed by atoms with van der Waals surface area (Å²) >= 11 is 0. The fourth-order valence-corrected chi connectivity index (χ4v) is 11.2. The highest BCUT2D eigenvalue weighted by Crippen LogP contribution is 2.28. The first-order valence-electron chi connectivity index (χ1n) is 37.7. The zero-order chi connectivity index (χ0) is 90.5. The number of ether oxygens (including phenoxy) is 7. The van der Waals surface area contributed by atoms with Crippen molar-refractivity contribution >= 4 is 127 Å².